The molecule has 2 aliphatic heterocycles. The van der Waals surface area contributed by atoms with Crippen molar-refractivity contribution in [2.75, 3.05) is 0 Å². The van der Waals surface area contributed by atoms with Gasteiger partial charge < -0.3 is 4.74 Å². The van der Waals surface area contributed by atoms with Crippen molar-refractivity contribution in [2.45, 2.75) is 64.6 Å². The van der Waals surface area contributed by atoms with Crippen molar-refractivity contribution in [3.8, 4) is 0 Å². The number of nitrogens with zero attached hydrogens (tertiary/aromatic N) is 3. The van der Waals surface area contributed by atoms with E-state index in [2.05, 4.69) is 16.3 Å². The van der Waals surface area contributed by atoms with Crippen LogP contribution in [-0.2, 0) is 4.74 Å². The van der Waals surface area contributed by atoms with Gasteiger partial charge in [-0.15, -0.1) is 0 Å². The van der Waals surface area contributed by atoms with Crippen LogP contribution in [0, 0.1) is 6.92 Å². The molecule has 0 N–H and O–H groups in total. The minimum Gasteiger partial charge on any atom is -0.444 e. The Labute approximate surface area is 131 Å². The molecule has 3 heterocycles. The molecule has 0 aliphatic carbocycles. The maximum atomic E-state index is 12.4. The van der Waals surface area contributed by atoms with Crippen molar-refractivity contribution in [1.29, 1.82) is 0 Å². The van der Waals surface area contributed by atoms with Crippen LogP contribution in [0.15, 0.2) is 18.2 Å². The van der Waals surface area contributed by atoms with Crippen molar-refractivity contribution >= 4 is 11.7 Å². The molecule has 5 nitrogen and oxygen atoms in total. The van der Waals surface area contributed by atoms with Crippen LogP contribution in [0.5, 0.6) is 0 Å². The van der Waals surface area contributed by atoms with Crippen LogP contribution in [0.1, 0.15) is 51.4 Å². The Morgan fingerprint density at radius 1 is 1.27 bits per heavy atom. The summed E-state index contributed by atoms with van der Waals surface area (Å²) < 4.78 is 5.54. The average Bonchev–Trinajstić information content (AvgIpc) is 2.69. The highest BCUT2D eigenvalue weighted by atomic mass is 16.6. The molecule has 2 aliphatic rings. The normalized spacial score (nSPS) is 24.2. The first-order chi connectivity index (χ1) is 10.3. The van der Waals surface area contributed by atoms with Crippen molar-refractivity contribution in [2.24, 2.45) is 0 Å². The van der Waals surface area contributed by atoms with Gasteiger partial charge in [0, 0.05) is 6.04 Å². The molecule has 2 unspecified atom stereocenters. The molecule has 1 saturated heterocycles. The largest absolute Gasteiger partial charge is 0.444 e. The van der Waals surface area contributed by atoms with Crippen LogP contribution in [0.4, 0.5) is 4.79 Å². The first kappa shape index (κ1) is 15.0. The smallest absolute Gasteiger partial charge is 0.411 e. The van der Waals surface area contributed by atoms with E-state index in [9.17, 15) is 4.79 Å². The molecule has 0 saturated carbocycles. The summed E-state index contributed by atoms with van der Waals surface area (Å²) >= 11 is 0. The predicted octanol–water partition coefficient (Wildman–Crippen LogP) is 3.34. The van der Waals surface area contributed by atoms with Gasteiger partial charge in [0.15, 0.2) is 0 Å². The molecule has 3 rings (SSSR count). The van der Waals surface area contributed by atoms with E-state index in [0.29, 0.717) is 0 Å². The van der Waals surface area contributed by atoms with E-state index in [1.807, 2.05) is 44.7 Å². The van der Waals surface area contributed by atoms with E-state index in [-0.39, 0.29) is 18.2 Å². The highest BCUT2D eigenvalue weighted by Gasteiger charge is 2.41. The Hall–Kier alpha value is -1.91. The van der Waals surface area contributed by atoms with Crippen LogP contribution in [-0.4, -0.2) is 38.9 Å². The third-order valence-corrected chi connectivity index (χ3v) is 4.13. The number of amides is 1. The molecule has 1 amide bonds. The molecule has 2 atom stereocenters. The third-order valence-electron chi connectivity index (χ3n) is 4.13. The van der Waals surface area contributed by atoms with Crippen LogP contribution >= 0.6 is 0 Å². The lowest BCUT2D eigenvalue weighted by atomic mass is 9.98. The Bertz CT molecular complexity index is 601. The minimum atomic E-state index is -0.455. The molecule has 1 aromatic heterocycles. The van der Waals surface area contributed by atoms with Crippen LogP contribution in [0.25, 0.3) is 5.57 Å². The van der Waals surface area contributed by atoms with Crippen molar-refractivity contribution in [3.63, 3.8) is 0 Å². The van der Waals surface area contributed by atoms with Crippen LogP contribution in [0.3, 0.4) is 0 Å². The fraction of sp³-hybridized carbons (Fsp3) is 0.588. The van der Waals surface area contributed by atoms with E-state index in [1.165, 1.54) is 5.57 Å². The van der Waals surface area contributed by atoms with Gasteiger partial charge in [-0.25, -0.2) is 4.79 Å². The number of carbonyl (C=O) groups is 1. The molecular formula is C17H23N3O2. The standard InChI is InChI=1S/C17H23N3O2/c1-11-5-8-15(19-18-11)12-9-13-6-7-14(10-12)20(13)16(21)22-17(2,3)4/h5,8-9,13-14H,6-7,10H2,1-4H3. The van der Waals surface area contributed by atoms with Gasteiger partial charge in [-0.2, -0.15) is 10.2 Å². The molecule has 22 heavy (non-hydrogen) atoms. The van der Waals surface area contributed by atoms with Crippen LogP contribution in [0.2, 0.25) is 0 Å². The molecule has 1 fully saturated rings. The van der Waals surface area contributed by atoms with Gasteiger partial charge in [0.25, 0.3) is 0 Å². The van der Waals surface area contributed by atoms with E-state index >= 15 is 0 Å². The summed E-state index contributed by atoms with van der Waals surface area (Å²) in [6.45, 7) is 7.64. The van der Waals surface area contributed by atoms with Crippen LogP contribution < -0.4 is 0 Å². The second-order valence-electron chi connectivity index (χ2n) is 7.14. The number of hydrogen-bond donors (Lipinski definition) is 0. The van der Waals surface area contributed by atoms with Gasteiger partial charge in [0.05, 0.1) is 17.4 Å². The SMILES string of the molecule is Cc1ccc(C2=CC3CCC(C2)N3C(=O)OC(C)(C)C)nn1. The van der Waals surface area contributed by atoms with Gasteiger partial charge in [-0.1, -0.05) is 6.08 Å². The molecule has 1 aromatic rings. The molecule has 5 heteroatoms. The zero-order valence-electron chi connectivity index (χ0n) is 13.7. The summed E-state index contributed by atoms with van der Waals surface area (Å²) in [5.41, 5.74) is 2.58. The van der Waals surface area contributed by atoms with Gasteiger partial charge >= 0.3 is 6.09 Å². The lowest BCUT2D eigenvalue weighted by Crippen LogP contribution is -2.45. The zero-order chi connectivity index (χ0) is 15.9. The minimum absolute atomic E-state index is 0.117. The lowest BCUT2D eigenvalue weighted by Gasteiger charge is -2.35. The monoisotopic (exact) mass is 301 g/mol. The summed E-state index contributed by atoms with van der Waals surface area (Å²) in [5.74, 6) is 0. The Kier molecular flexibility index (Phi) is 3.67. The van der Waals surface area contributed by atoms with Gasteiger partial charge in [-0.3, -0.25) is 4.90 Å². The number of aryl methyl sites for hydroxylation is 1. The Balaban J connectivity index is 1.80. The van der Waals surface area contributed by atoms with E-state index < -0.39 is 5.60 Å². The average molecular weight is 301 g/mol. The van der Waals surface area contributed by atoms with Crippen molar-refractivity contribution in [1.82, 2.24) is 15.1 Å². The topological polar surface area (TPSA) is 55.3 Å². The molecule has 0 aromatic carbocycles. The first-order valence-electron chi connectivity index (χ1n) is 7.86. The summed E-state index contributed by atoms with van der Waals surface area (Å²) in [7, 11) is 0. The molecular weight excluding hydrogens is 278 g/mol. The van der Waals surface area contributed by atoms with Gasteiger partial charge in [0.2, 0.25) is 0 Å². The number of aromatic nitrogens is 2. The maximum absolute atomic E-state index is 12.4. The third kappa shape index (κ3) is 2.98. The maximum Gasteiger partial charge on any atom is 0.411 e. The number of hydrogen-bond acceptors (Lipinski definition) is 4. The fourth-order valence-corrected chi connectivity index (χ4v) is 3.19. The Morgan fingerprint density at radius 3 is 2.64 bits per heavy atom. The number of fused-ring (bicyclic) bond motifs is 2. The van der Waals surface area contributed by atoms with E-state index in [1.54, 1.807) is 0 Å². The summed E-state index contributed by atoms with van der Waals surface area (Å²) in [6.07, 6.45) is 4.79. The van der Waals surface area contributed by atoms with Gasteiger partial charge in [-0.05, 0) is 64.7 Å². The van der Waals surface area contributed by atoms with Crippen molar-refractivity contribution in [3.05, 3.63) is 29.6 Å². The zero-order valence-corrected chi connectivity index (χ0v) is 13.7. The molecule has 0 spiro atoms. The summed E-state index contributed by atoms with van der Waals surface area (Å²) in [5, 5.41) is 8.41. The van der Waals surface area contributed by atoms with E-state index in [0.717, 1.165) is 30.7 Å². The van der Waals surface area contributed by atoms with E-state index in [4.69, 9.17) is 4.74 Å². The molecule has 0 radical (unpaired) electrons. The summed E-state index contributed by atoms with van der Waals surface area (Å²) in [4.78, 5) is 14.3. The predicted molar refractivity (Wildman–Crippen MR) is 84.2 cm³/mol. The van der Waals surface area contributed by atoms with Gasteiger partial charge in [0.1, 0.15) is 5.60 Å². The molecule has 118 valence electrons. The van der Waals surface area contributed by atoms with Crippen molar-refractivity contribution < 1.29 is 9.53 Å². The number of ether oxygens (including phenoxy) is 1. The number of carbonyl (C=O) groups excluding carboxylic acids is 1. The summed E-state index contributed by atoms with van der Waals surface area (Å²) in [6, 6.07) is 4.32. The number of rotatable bonds is 1. The molecule has 2 bridgehead atoms. The lowest BCUT2D eigenvalue weighted by molar-refractivity contribution is 0.0175. The Morgan fingerprint density at radius 2 is 2.05 bits per heavy atom. The fourth-order valence-electron chi connectivity index (χ4n) is 3.19. The first-order valence-corrected chi connectivity index (χ1v) is 7.86. The quantitative estimate of drug-likeness (QED) is 0.798. The second kappa shape index (κ2) is 5.38. The second-order valence-corrected chi connectivity index (χ2v) is 7.14. The highest BCUT2D eigenvalue weighted by Crippen LogP contribution is 2.38. The highest BCUT2D eigenvalue weighted by molar-refractivity contribution is 5.74.